The summed E-state index contributed by atoms with van der Waals surface area (Å²) in [5, 5.41) is 3.95. The predicted octanol–water partition coefficient (Wildman–Crippen LogP) is 2.55. The summed E-state index contributed by atoms with van der Waals surface area (Å²) >= 11 is 11.9. The highest BCUT2D eigenvalue weighted by atomic mass is 35.5. The molecule has 6 heteroatoms. The molecule has 0 saturated heterocycles. The molecule has 0 radical (unpaired) electrons. The van der Waals surface area contributed by atoms with Crippen molar-refractivity contribution in [1.82, 2.24) is 5.32 Å². The number of halogens is 2. The Morgan fingerprint density at radius 3 is 2.36 bits per heavy atom. The highest BCUT2D eigenvalue weighted by molar-refractivity contribution is 6.42. The highest BCUT2D eigenvalue weighted by Crippen LogP contribution is 2.22. The van der Waals surface area contributed by atoms with E-state index in [1.807, 2.05) is 30.3 Å². The zero-order chi connectivity index (χ0) is 18.4. The van der Waals surface area contributed by atoms with Crippen LogP contribution >= 0.6 is 23.2 Å². The first-order valence-corrected chi connectivity index (χ1v) is 8.81. The molecule has 4 nitrogen and oxygen atoms in total. The van der Waals surface area contributed by atoms with Gasteiger partial charge in [-0.1, -0.05) is 29.3 Å². The number of nitrogens with one attached hydrogen (secondary N) is 2. The monoisotopic (exact) mass is 381 g/mol. The number of quaternary nitrogens is 1. The fourth-order valence-electron chi connectivity index (χ4n) is 2.60. The molecule has 0 spiro atoms. The Kier molecular flexibility index (Phi) is 7.12. The third-order valence-corrected chi connectivity index (χ3v) is 4.81. The summed E-state index contributed by atoms with van der Waals surface area (Å²) in [6.45, 7) is 0.550. The summed E-state index contributed by atoms with van der Waals surface area (Å²) < 4.78 is 5.20. The van der Waals surface area contributed by atoms with Crippen molar-refractivity contribution in [1.29, 1.82) is 0 Å². The normalized spacial score (nSPS) is 12.1. The molecule has 2 rings (SSSR count). The Bertz CT molecular complexity index is 718. The van der Waals surface area contributed by atoms with Crippen LogP contribution in [0.3, 0.4) is 0 Å². The van der Waals surface area contributed by atoms with Crippen LogP contribution in [0.4, 0.5) is 0 Å². The van der Waals surface area contributed by atoms with E-state index < -0.39 is 0 Å². The molecule has 0 aliphatic rings. The van der Waals surface area contributed by atoms with Crippen LogP contribution in [0.2, 0.25) is 10.0 Å². The van der Waals surface area contributed by atoms with Gasteiger partial charge in [-0.3, -0.25) is 4.79 Å². The van der Waals surface area contributed by atoms with Gasteiger partial charge in [0.15, 0.2) is 0 Å². The van der Waals surface area contributed by atoms with Gasteiger partial charge in [-0.05, 0) is 42.0 Å². The van der Waals surface area contributed by atoms with Crippen molar-refractivity contribution in [2.45, 2.75) is 12.5 Å². The minimum Gasteiger partial charge on any atom is -0.497 e. The van der Waals surface area contributed by atoms with Crippen molar-refractivity contribution in [3.8, 4) is 5.75 Å². The van der Waals surface area contributed by atoms with Crippen LogP contribution in [-0.4, -0.2) is 33.7 Å². The smallest absolute Gasteiger partial charge is 0.224 e. The standard InChI is InChI=1S/C19H22Cl2N2O2/c1-23(2)18(14-5-7-15(25-3)8-6-14)12-22-19(24)11-13-4-9-16(20)17(21)10-13/h4-10,18H,11-12H2,1-3H3,(H,22,24)/p+1/t18-/m1/s1. The van der Waals surface area contributed by atoms with Crippen molar-refractivity contribution in [3.63, 3.8) is 0 Å². The molecule has 0 aliphatic heterocycles. The van der Waals surface area contributed by atoms with Crippen LogP contribution < -0.4 is 15.0 Å². The molecule has 0 bridgehead atoms. The number of hydrogen-bond acceptors (Lipinski definition) is 2. The number of hydrogen-bond donors (Lipinski definition) is 2. The molecule has 2 aromatic rings. The molecule has 0 fully saturated rings. The van der Waals surface area contributed by atoms with Crippen molar-refractivity contribution < 1.29 is 14.4 Å². The average molecular weight is 382 g/mol. The van der Waals surface area contributed by atoms with Gasteiger partial charge in [0.2, 0.25) is 5.91 Å². The van der Waals surface area contributed by atoms with Crippen LogP contribution in [0.5, 0.6) is 5.75 Å². The van der Waals surface area contributed by atoms with E-state index in [2.05, 4.69) is 19.4 Å². The molecule has 2 N–H and O–H groups in total. The van der Waals surface area contributed by atoms with E-state index in [0.29, 0.717) is 16.6 Å². The Labute approximate surface area is 158 Å². The summed E-state index contributed by atoms with van der Waals surface area (Å²) in [5.74, 6) is 0.776. The Hall–Kier alpha value is -1.75. The number of carbonyl (C=O) groups is 1. The number of benzene rings is 2. The Morgan fingerprint density at radius 2 is 1.80 bits per heavy atom. The first kappa shape index (κ1) is 19.6. The van der Waals surface area contributed by atoms with Crippen LogP contribution in [0.15, 0.2) is 42.5 Å². The van der Waals surface area contributed by atoms with Crippen molar-refractivity contribution in [3.05, 3.63) is 63.6 Å². The van der Waals surface area contributed by atoms with Crippen molar-refractivity contribution in [2.75, 3.05) is 27.7 Å². The van der Waals surface area contributed by atoms with Gasteiger partial charge in [-0.25, -0.2) is 0 Å². The second-order valence-corrected chi connectivity index (χ2v) is 6.95. The molecular formula is C19H23Cl2N2O2+. The molecule has 134 valence electrons. The average Bonchev–Trinajstić information content (AvgIpc) is 2.58. The summed E-state index contributed by atoms with van der Waals surface area (Å²) in [6, 6.07) is 13.3. The second kappa shape index (κ2) is 9.09. The Balaban J connectivity index is 1.97. The molecule has 25 heavy (non-hydrogen) atoms. The Morgan fingerprint density at radius 1 is 1.12 bits per heavy atom. The zero-order valence-corrected chi connectivity index (χ0v) is 16.1. The lowest BCUT2D eigenvalue weighted by atomic mass is 10.1. The molecule has 1 amide bonds. The van der Waals surface area contributed by atoms with Gasteiger partial charge in [-0.15, -0.1) is 0 Å². The lowest BCUT2D eigenvalue weighted by Crippen LogP contribution is -3.07. The van der Waals surface area contributed by atoms with Crippen LogP contribution in [0.1, 0.15) is 17.2 Å². The molecule has 0 saturated carbocycles. The maximum atomic E-state index is 12.3. The summed E-state index contributed by atoms with van der Waals surface area (Å²) in [4.78, 5) is 13.5. The van der Waals surface area contributed by atoms with E-state index in [4.69, 9.17) is 27.9 Å². The predicted molar refractivity (Wildman–Crippen MR) is 102 cm³/mol. The topological polar surface area (TPSA) is 42.8 Å². The largest absolute Gasteiger partial charge is 0.497 e. The minimum absolute atomic E-state index is 0.0434. The minimum atomic E-state index is -0.0434. The van der Waals surface area contributed by atoms with E-state index in [1.165, 1.54) is 4.90 Å². The zero-order valence-electron chi connectivity index (χ0n) is 14.6. The summed E-state index contributed by atoms with van der Waals surface area (Å²) in [6.07, 6.45) is 0.273. The number of ether oxygens (including phenoxy) is 1. The molecule has 0 aliphatic carbocycles. The highest BCUT2D eigenvalue weighted by Gasteiger charge is 2.19. The van der Waals surface area contributed by atoms with Crippen molar-refractivity contribution in [2.24, 2.45) is 0 Å². The quantitative estimate of drug-likeness (QED) is 0.773. The third kappa shape index (κ3) is 5.63. The van der Waals surface area contributed by atoms with Crippen LogP contribution in [0, 0.1) is 0 Å². The first-order chi connectivity index (χ1) is 11.9. The second-order valence-electron chi connectivity index (χ2n) is 6.13. The maximum absolute atomic E-state index is 12.3. The lowest BCUT2D eigenvalue weighted by Gasteiger charge is -2.22. The van der Waals surface area contributed by atoms with E-state index in [9.17, 15) is 4.79 Å². The number of amides is 1. The van der Waals surface area contributed by atoms with E-state index in [1.54, 1.807) is 19.2 Å². The van der Waals surface area contributed by atoms with Gasteiger partial charge >= 0.3 is 0 Å². The van der Waals surface area contributed by atoms with Gasteiger partial charge < -0.3 is 15.0 Å². The maximum Gasteiger partial charge on any atom is 0.224 e. The molecule has 0 unspecified atom stereocenters. The molecule has 1 atom stereocenters. The SMILES string of the molecule is COc1ccc([C@@H](CNC(=O)Cc2ccc(Cl)c(Cl)c2)[NH+](C)C)cc1. The third-order valence-electron chi connectivity index (χ3n) is 4.07. The fourth-order valence-corrected chi connectivity index (χ4v) is 2.93. The molecule has 0 aromatic heterocycles. The molecule has 0 heterocycles. The number of carbonyl (C=O) groups excluding carboxylic acids is 1. The first-order valence-electron chi connectivity index (χ1n) is 8.05. The van der Waals surface area contributed by atoms with Gasteiger partial charge in [0.1, 0.15) is 11.8 Å². The van der Waals surface area contributed by atoms with Crippen molar-refractivity contribution >= 4 is 29.1 Å². The van der Waals surface area contributed by atoms with E-state index in [0.717, 1.165) is 16.9 Å². The van der Waals surface area contributed by atoms with Crippen LogP contribution in [-0.2, 0) is 11.2 Å². The van der Waals surface area contributed by atoms with Gasteiger partial charge in [-0.2, -0.15) is 0 Å². The fraction of sp³-hybridized carbons (Fsp3) is 0.316. The lowest BCUT2D eigenvalue weighted by molar-refractivity contribution is -0.890. The van der Waals surface area contributed by atoms with E-state index in [-0.39, 0.29) is 18.4 Å². The molecule has 2 aromatic carbocycles. The van der Waals surface area contributed by atoms with Gasteiger partial charge in [0.05, 0.1) is 44.2 Å². The van der Waals surface area contributed by atoms with Gasteiger partial charge in [0, 0.05) is 5.56 Å². The number of rotatable bonds is 7. The van der Waals surface area contributed by atoms with Crippen LogP contribution in [0.25, 0.3) is 0 Å². The molecular weight excluding hydrogens is 359 g/mol. The number of likely N-dealkylation sites (N-methyl/N-ethyl adjacent to an activating group) is 1. The summed E-state index contributed by atoms with van der Waals surface area (Å²) in [5.41, 5.74) is 1.99. The number of methoxy groups -OCH3 is 1. The summed E-state index contributed by atoms with van der Waals surface area (Å²) in [7, 11) is 5.78. The van der Waals surface area contributed by atoms with E-state index >= 15 is 0 Å². The van der Waals surface area contributed by atoms with Gasteiger partial charge in [0.25, 0.3) is 0 Å².